The van der Waals surface area contributed by atoms with Gasteiger partial charge in [-0.3, -0.25) is 4.98 Å². The summed E-state index contributed by atoms with van der Waals surface area (Å²) in [5.74, 6) is -1.99. The number of hydrogen-bond acceptors (Lipinski definition) is 11. The molecule has 224 valence electrons. The SMILES string of the molecule is C[C@]12Oc3cc(-c4cccnc4)oc(=O)c3C(O)C1C[C@H](OC(=O)c1ccc(C#N)cc1)C[C@@H]2OC(=O)c1ccc(C#N)cc1. The fourth-order valence-electron chi connectivity index (χ4n) is 5.87. The highest BCUT2D eigenvalue weighted by Crippen LogP contribution is 2.51. The van der Waals surface area contributed by atoms with E-state index >= 15 is 0 Å². The van der Waals surface area contributed by atoms with Crippen LogP contribution in [0.1, 0.15) is 63.3 Å². The fraction of sp³-hybridized carbons (Fsp3) is 0.235. The van der Waals surface area contributed by atoms with E-state index in [1.165, 1.54) is 60.8 Å². The molecule has 11 heteroatoms. The molecule has 0 spiro atoms. The van der Waals surface area contributed by atoms with Gasteiger partial charge >= 0.3 is 17.6 Å². The van der Waals surface area contributed by atoms with E-state index in [0.717, 1.165) is 0 Å². The van der Waals surface area contributed by atoms with Crippen LogP contribution in [0.4, 0.5) is 0 Å². The van der Waals surface area contributed by atoms with Gasteiger partial charge in [-0.15, -0.1) is 0 Å². The quantitative estimate of drug-likeness (QED) is 0.318. The number of esters is 2. The predicted octanol–water partition coefficient (Wildman–Crippen LogP) is 4.49. The van der Waals surface area contributed by atoms with Gasteiger partial charge in [-0.2, -0.15) is 10.5 Å². The summed E-state index contributed by atoms with van der Waals surface area (Å²) in [5.41, 5.74) is -0.600. The second-order valence-corrected chi connectivity index (χ2v) is 11.0. The standard InChI is InChI=1S/C34H25N3O8/c1-34-25(30(38)29-27(45-34)15-26(43-33(29)41)23-3-2-12-37-18-23)13-24(42-31(39)21-8-4-19(16-35)5-9-21)14-28(34)44-32(40)22-10-6-20(17-36)7-11-22/h2-12,15,18,24-25,28,30,38H,13-14H2,1H3/t24-,25?,28-,30?,34-/m0/s1. The van der Waals surface area contributed by atoms with Crippen LogP contribution in [0.15, 0.2) is 88.3 Å². The van der Waals surface area contributed by atoms with Crippen molar-refractivity contribution in [2.24, 2.45) is 5.92 Å². The fourth-order valence-corrected chi connectivity index (χ4v) is 5.87. The second-order valence-electron chi connectivity index (χ2n) is 11.0. The van der Waals surface area contributed by atoms with Crippen molar-refractivity contribution in [3.63, 3.8) is 0 Å². The van der Waals surface area contributed by atoms with Gasteiger partial charge in [0.05, 0.1) is 40.5 Å². The van der Waals surface area contributed by atoms with Crippen molar-refractivity contribution in [2.75, 3.05) is 0 Å². The zero-order valence-corrected chi connectivity index (χ0v) is 23.9. The lowest BCUT2D eigenvalue weighted by Gasteiger charge is -2.52. The van der Waals surface area contributed by atoms with Gasteiger partial charge in [0, 0.05) is 36.4 Å². The Balaban J connectivity index is 1.35. The molecule has 1 fully saturated rings. The highest BCUT2D eigenvalue weighted by molar-refractivity contribution is 5.90. The van der Waals surface area contributed by atoms with Crippen LogP contribution in [-0.2, 0) is 9.47 Å². The molecule has 1 aliphatic carbocycles. The van der Waals surface area contributed by atoms with Gasteiger partial charge in [0.15, 0.2) is 0 Å². The number of nitrogens with zero attached hydrogens (tertiary/aromatic N) is 3. The minimum atomic E-state index is -1.41. The minimum absolute atomic E-state index is 0.0238. The van der Waals surface area contributed by atoms with Crippen molar-refractivity contribution in [1.82, 2.24) is 4.98 Å². The Morgan fingerprint density at radius 1 is 0.956 bits per heavy atom. The molecule has 1 saturated carbocycles. The van der Waals surface area contributed by atoms with E-state index in [2.05, 4.69) is 4.98 Å². The molecule has 2 aromatic carbocycles. The van der Waals surface area contributed by atoms with E-state index in [1.54, 1.807) is 25.3 Å². The molecule has 2 aromatic heterocycles. The van der Waals surface area contributed by atoms with Crippen LogP contribution >= 0.6 is 0 Å². The van der Waals surface area contributed by atoms with Crippen LogP contribution < -0.4 is 10.4 Å². The summed E-state index contributed by atoms with van der Waals surface area (Å²) in [6.07, 6.45) is -0.105. The molecule has 4 aromatic rings. The summed E-state index contributed by atoms with van der Waals surface area (Å²) >= 11 is 0. The van der Waals surface area contributed by atoms with E-state index in [0.29, 0.717) is 16.7 Å². The number of rotatable bonds is 5. The van der Waals surface area contributed by atoms with Gasteiger partial charge in [-0.05, 0) is 74.0 Å². The number of pyridine rings is 1. The smallest absolute Gasteiger partial charge is 0.345 e. The van der Waals surface area contributed by atoms with Crippen LogP contribution in [0.3, 0.4) is 0 Å². The Labute approximate surface area is 256 Å². The van der Waals surface area contributed by atoms with E-state index in [-0.39, 0.29) is 41.0 Å². The molecule has 0 amide bonds. The zero-order valence-electron chi connectivity index (χ0n) is 23.9. The highest BCUT2D eigenvalue weighted by atomic mass is 16.6. The van der Waals surface area contributed by atoms with Crippen LogP contribution in [0.5, 0.6) is 5.75 Å². The van der Waals surface area contributed by atoms with Crippen molar-refractivity contribution < 1.29 is 33.3 Å². The monoisotopic (exact) mass is 603 g/mol. The molecular formula is C34H25N3O8. The molecular weight excluding hydrogens is 578 g/mol. The summed E-state index contributed by atoms with van der Waals surface area (Å²) < 4.78 is 23.8. The first kappa shape index (κ1) is 29.3. The first-order chi connectivity index (χ1) is 21.7. The Bertz CT molecular complexity index is 1910. The maximum Gasteiger partial charge on any atom is 0.345 e. The summed E-state index contributed by atoms with van der Waals surface area (Å²) in [4.78, 5) is 43.7. The Morgan fingerprint density at radius 2 is 1.58 bits per heavy atom. The molecule has 45 heavy (non-hydrogen) atoms. The van der Waals surface area contributed by atoms with Crippen molar-refractivity contribution in [3.8, 4) is 29.2 Å². The molecule has 0 radical (unpaired) electrons. The van der Waals surface area contributed by atoms with Crippen LogP contribution in [0.25, 0.3) is 11.3 Å². The molecule has 2 aliphatic rings. The molecule has 0 bridgehead atoms. The van der Waals surface area contributed by atoms with Crippen LogP contribution in [0.2, 0.25) is 0 Å². The summed E-state index contributed by atoms with van der Waals surface area (Å²) in [6, 6.07) is 20.7. The van der Waals surface area contributed by atoms with Gasteiger partial charge in [0.2, 0.25) is 0 Å². The third kappa shape index (κ3) is 5.53. The Kier molecular flexibility index (Phi) is 7.63. The molecule has 3 heterocycles. The topological polar surface area (TPSA) is 173 Å². The number of benzene rings is 2. The zero-order chi connectivity index (χ0) is 31.7. The van der Waals surface area contributed by atoms with Crippen LogP contribution in [-0.4, -0.2) is 39.8 Å². The summed E-state index contributed by atoms with van der Waals surface area (Å²) in [7, 11) is 0. The van der Waals surface area contributed by atoms with Crippen molar-refractivity contribution in [2.45, 2.75) is 43.7 Å². The van der Waals surface area contributed by atoms with Crippen molar-refractivity contribution in [3.05, 3.63) is 117 Å². The molecule has 6 rings (SSSR count). The van der Waals surface area contributed by atoms with Crippen LogP contribution in [0, 0.1) is 28.6 Å². The lowest BCUT2D eigenvalue weighted by atomic mass is 9.67. The molecule has 11 nitrogen and oxygen atoms in total. The minimum Gasteiger partial charge on any atom is -0.482 e. The molecule has 2 unspecified atom stereocenters. The van der Waals surface area contributed by atoms with Gasteiger partial charge < -0.3 is 23.7 Å². The van der Waals surface area contributed by atoms with E-state index in [4.69, 9.17) is 29.2 Å². The Hall–Kier alpha value is -5.78. The first-order valence-electron chi connectivity index (χ1n) is 14.1. The van der Waals surface area contributed by atoms with Crippen molar-refractivity contribution >= 4 is 11.9 Å². The molecule has 0 saturated heterocycles. The third-order valence-electron chi connectivity index (χ3n) is 8.29. The summed E-state index contributed by atoms with van der Waals surface area (Å²) in [5, 5.41) is 29.8. The molecule has 1 N–H and O–H groups in total. The Morgan fingerprint density at radius 3 is 2.16 bits per heavy atom. The largest absolute Gasteiger partial charge is 0.482 e. The normalized spacial score (nSPS) is 23.2. The number of carbonyl (C=O) groups is 2. The number of aliphatic hydroxyl groups excluding tert-OH is 1. The van der Waals surface area contributed by atoms with E-state index in [9.17, 15) is 19.5 Å². The average molecular weight is 604 g/mol. The lowest BCUT2D eigenvalue weighted by molar-refractivity contribution is -0.177. The molecule has 5 atom stereocenters. The average Bonchev–Trinajstić information content (AvgIpc) is 3.05. The third-order valence-corrected chi connectivity index (χ3v) is 8.29. The van der Waals surface area contributed by atoms with Gasteiger partial charge in [-0.1, -0.05) is 0 Å². The van der Waals surface area contributed by atoms with E-state index < -0.39 is 47.4 Å². The number of fused-ring (bicyclic) bond motifs is 2. The van der Waals surface area contributed by atoms with E-state index in [1.807, 2.05) is 12.1 Å². The van der Waals surface area contributed by atoms with Gasteiger partial charge in [0.25, 0.3) is 0 Å². The summed E-state index contributed by atoms with van der Waals surface area (Å²) in [6.45, 7) is 1.68. The highest BCUT2D eigenvalue weighted by Gasteiger charge is 2.58. The lowest BCUT2D eigenvalue weighted by Crippen LogP contribution is -2.62. The van der Waals surface area contributed by atoms with Gasteiger partial charge in [-0.25, -0.2) is 14.4 Å². The van der Waals surface area contributed by atoms with Crippen molar-refractivity contribution in [1.29, 1.82) is 10.5 Å². The number of hydrogen-bond donors (Lipinski definition) is 1. The predicted molar refractivity (Wildman–Crippen MR) is 156 cm³/mol. The van der Waals surface area contributed by atoms with Gasteiger partial charge in [0.1, 0.15) is 34.9 Å². The molecule has 1 aliphatic heterocycles. The number of ether oxygens (including phenoxy) is 3. The number of aliphatic hydroxyl groups is 1. The number of nitriles is 2. The maximum atomic E-state index is 13.3. The number of carbonyl (C=O) groups excluding carboxylic acids is 2. The first-order valence-corrected chi connectivity index (χ1v) is 14.1. The maximum absolute atomic E-state index is 13.3. The second kappa shape index (κ2) is 11.7. The number of aromatic nitrogens is 1.